The third kappa shape index (κ3) is 4.31. The van der Waals surface area contributed by atoms with Gasteiger partial charge in [0, 0.05) is 24.9 Å². The predicted molar refractivity (Wildman–Crippen MR) is 136 cm³/mol. The van der Waals surface area contributed by atoms with Crippen LogP contribution in [0.2, 0.25) is 0 Å². The summed E-state index contributed by atoms with van der Waals surface area (Å²) in [6, 6.07) is 24.6. The number of carbonyl (C=O) groups is 2. The highest BCUT2D eigenvalue weighted by Crippen LogP contribution is 2.44. The van der Waals surface area contributed by atoms with Crippen LogP contribution in [0.1, 0.15) is 54.9 Å². The summed E-state index contributed by atoms with van der Waals surface area (Å²) in [5, 5.41) is 9.87. The maximum atomic E-state index is 13.1. The molecule has 180 valence electrons. The second kappa shape index (κ2) is 8.88. The van der Waals surface area contributed by atoms with E-state index in [0.717, 1.165) is 16.7 Å². The van der Waals surface area contributed by atoms with Crippen LogP contribution in [-0.4, -0.2) is 41.8 Å². The van der Waals surface area contributed by atoms with Gasteiger partial charge in [0.2, 0.25) is 0 Å². The lowest BCUT2D eigenvalue weighted by Gasteiger charge is -2.21. The highest BCUT2D eigenvalue weighted by atomic mass is 16.6. The van der Waals surface area contributed by atoms with Crippen molar-refractivity contribution in [2.24, 2.45) is 5.92 Å². The molecule has 0 unspecified atom stereocenters. The summed E-state index contributed by atoms with van der Waals surface area (Å²) >= 11 is 0. The van der Waals surface area contributed by atoms with Crippen molar-refractivity contribution in [2.75, 3.05) is 19.7 Å². The van der Waals surface area contributed by atoms with Crippen molar-refractivity contribution in [3.63, 3.8) is 0 Å². The molecule has 3 aromatic carbocycles. The van der Waals surface area contributed by atoms with Gasteiger partial charge >= 0.3 is 12.1 Å². The summed E-state index contributed by atoms with van der Waals surface area (Å²) < 4.78 is 5.79. The molecule has 0 bridgehead atoms. The van der Waals surface area contributed by atoms with Crippen LogP contribution in [0.4, 0.5) is 4.79 Å². The average molecular weight is 470 g/mol. The summed E-state index contributed by atoms with van der Waals surface area (Å²) in [5.74, 6) is -1.83. The monoisotopic (exact) mass is 469 g/mol. The van der Waals surface area contributed by atoms with Gasteiger partial charge in [0.05, 0.1) is 5.92 Å². The van der Waals surface area contributed by atoms with Gasteiger partial charge in [0.1, 0.15) is 6.61 Å². The molecule has 1 aliphatic heterocycles. The molecule has 1 heterocycles. The SMILES string of the molecule is CC(C)(C)c1ccc([C@@H]2CN(C(=O)OCC3c4ccccc4-c4ccccc43)C[C@H]2C(=O)O)cc1. The second-order valence-electron chi connectivity index (χ2n) is 10.6. The molecule has 1 aliphatic carbocycles. The quantitative estimate of drug-likeness (QED) is 0.506. The van der Waals surface area contributed by atoms with Crippen LogP contribution in [0, 0.1) is 5.92 Å². The largest absolute Gasteiger partial charge is 0.481 e. The van der Waals surface area contributed by atoms with Gasteiger partial charge in [0.15, 0.2) is 0 Å². The molecule has 35 heavy (non-hydrogen) atoms. The Labute approximate surface area is 206 Å². The van der Waals surface area contributed by atoms with Gasteiger partial charge in [-0.1, -0.05) is 93.6 Å². The van der Waals surface area contributed by atoms with Crippen LogP contribution in [-0.2, 0) is 14.9 Å². The van der Waals surface area contributed by atoms with Crippen LogP contribution in [0.25, 0.3) is 11.1 Å². The van der Waals surface area contributed by atoms with Crippen LogP contribution < -0.4 is 0 Å². The molecule has 1 amide bonds. The fourth-order valence-corrected chi connectivity index (χ4v) is 5.46. The summed E-state index contributed by atoms with van der Waals surface area (Å²) in [5.41, 5.74) is 6.82. The zero-order valence-corrected chi connectivity index (χ0v) is 20.4. The molecule has 3 aromatic rings. The van der Waals surface area contributed by atoms with Crippen molar-refractivity contribution < 1.29 is 19.4 Å². The lowest BCUT2D eigenvalue weighted by atomic mass is 9.83. The molecule has 5 rings (SSSR count). The number of carboxylic acid groups (broad SMARTS) is 1. The minimum Gasteiger partial charge on any atom is -0.481 e. The van der Waals surface area contributed by atoms with Crippen molar-refractivity contribution in [3.05, 3.63) is 95.1 Å². The van der Waals surface area contributed by atoms with Crippen LogP contribution in [0.5, 0.6) is 0 Å². The molecule has 0 saturated carbocycles. The number of fused-ring (bicyclic) bond motifs is 3. The van der Waals surface area contributed by atoms with Crippen molar-refractivity contribution in [1.29, 1.82) is 0 Å². The van der Waals surface area contributed by atoms with E-state index < -0.39 is 18.0 Å². The molecular weight excluding hydrogens is 438 g/mol. The molecule has 0 spiro atoms. The number of hydrogen-bond donors (Lipinski definition) is 1. The fraction of sp³-hybridized carbons (Fsp3) is 0.333. The Morgan fingerprint density at radius 1 is 0.886 bits per heavy atom. The first-order chi connectivity index (χ1) is 16.7. The molecule has 0 aromatic heterocycles. The first-order valence-electron chi connectivity index (χ1n) is 12.2. The Morgan fingerprint density at radius 3 is 2.00 bits per heavy atom. The molecule has 1 N–H and O–H groups in total. The summed E-state index contributed by atoms with van der Waals surface area (Å²) in [7, 11) is 0. The zero-order valence-electron chi connectivity index (χ0n) is 20.4. The van der Waals surface area contributed by atoms with Gasteiger partial charge in [-0.15, -0.1) is 0 Å². The number of ether oxygens (including phenoxy) is 1. The number of rotatable bonds is 4. The normalized spacial score (nSPS) is 19.3. The molecule has 1 saturated heterocycles. The number of likely N-dealkylation sites (tertiary alicyclic amines) is 1. The standard InChI is InChI=1S/C30H31NO4/c1-30(2,3)20-14-12-19(13-15-20)25-16-31(17-26(25)28(32)33)29(34)35-18-27-23-10-6-4-8-21(23)22-9-5-7-11-24(22)27/h4-15,25-27H,16-18H2,1-3H3,(H,32,33)/t25-,26+/m0/s1. The van der Waals surface area contributed by atoms with E-state index in [1.807, 2.05) is 36.4 Å². The molecule has 2 atom stereocenters. The van der Waals surface area contributed by atoms with E-state index in [0.29, 0.717) is 6.54 Å². The molecule has 5 nitrogen and oxygen atoms in total. The summed E-state index contributed by atoms with van der Waals surface area (Å²) in [6.07, 6.45) is -0.452. The number of aliphatic carboxylic acids is 1. The number of carboxylic acids is 1. The molecule has 0 radical (unpaired) electrons. The van der Waals surface area contributed by atoms with Gasteiger partial charge in [-0.2, -0.15) is 0 Å². The van der Waals surface area contributed by atoms with Crippen molar-refractivity contribution in [1.82, 2.24) is 4.90 Å². The smallest absolute Gasteiger partial charge is 0.409 e. The van der Waals surface area contributed by atoms with Crippen molar-refractivity contribution >= 4 is 12.1 Å². The van der Waals surface area contributed by atoms with Crippen molar-refractivity contribution in [3.8, 4) is 11.1 Å². The number of carbonyl (C=O) groups excluding carboxylic acids is 1. The van der Waals surface area contributed by atoms with E-state index in [1.165, 1.54) is 16.7 Å². The summed E-state index contributed by atoms with van der Waals surface area (Å²) in [6.45, 7) is 7.16. The lowest BCUT2D eigenvalue weighted by Crippen LogP contribution is -2.31. The maximum absolute atomic E-state index is 13.1. The molecule has 2 aliphatic rings. The second-order valence-corrected chi connectivity index (χ2v) is 10.6. The number of amides is 1. The van der Waals surface area contributed by atoms with Crippen LogP contribution >= 0.6 is 0 Å². The first-order valence-corrected chi connectivity index (χ1v) is 12.2. The van der Waals surface area contributed by atoms with E-state index in [4.69, 9.17) is 4.74 Å². The number of benzene rings is 3. The third-order valence-electron chi connectivity index (χ3n) is 7.44. The van der Waals surface area contributed by atoms with E-state index in [2.05, 4.69) is 57.2 Å². The Kier molecular flexibility index (Phi) is 5.87. The number of nitrogens with zero attached hydrogens (tertiary/aromatic N) is 1. The van der Waals surface area contributed by atoms with Gasteiger partial charge in [0.25, 0.3) is 0 Å². The van der Waals surface area contributed by atoms with Crippen LogP contribution in [0.15, 0.2) is 72.8 Å². The van der Waals surface area contributed by atoms with E-state index in [1.54, 1.807) is 4.90 Å². The minimum absolute atomic E-state index is 0.0216. The average Bonchev–Trinajstić information content (AvgIpc) is 3.43. The Balaban J connectivity index is 1.30. The van der Waals surface area contributed by atoms with Gasteiger partial charge in [-0.25, -0.2) is 4.79 Å². The fourth-order valence-electron chi connectivity index (χ4n) is 5.46. The zero-order chi connectivity index (χ0) is 24.7. The first kappa shape index (κ1) is 23.2. The topological polar surface area (TPSA) is 66.8 Å². The van der Waals surface area contributed by atoms with Gasteiger partial charge < -0.3 is 14.7 Å². The minimum atomic E-state index is -0.885. The summed E-state index contributed by atoms with van der Waals surface area (Å²) in [4.78, 5) is 26.7. The van der Waals surface area contributed by atoms with E-state index in [9.17, 15) is 14.7 Å². The van der Waals surface area contributed by atoms with Gasteiger partial charge in [-0.3, -0.25) is 4.79 Å². The lowest BCUT2D eigenvalue weighted by molar-refractivity contribution is -0.141. The van der Waals surface area contributed by atoms with E-state index in [-0.39, 0.29) is 30.4 Å². The molecular formula is C30H31NO4. The number of hydrogen-bond acceptors (Lipinski definition) is 3. The Hall–Kier alpha value is -3.60. The van der Waals surface area contributed by atoms with Crippen LogP contribution in [0.3, 0.4) is 0 Å². The molecule has 1 fully saturated rings. The van der Waals surface area contributed by atoms with Gasteiger partial charge in [-0.05, 0) is 38.8 Å². The predicted octanol–water partition coefficient (Wildman–Crippen LogP) is 6.03. The highest BCUT2D eigenvalue weighted by molar-refractivity contribution is 5.79. The molecule has 5 heteroatoms. The van der Waals surface area contributed by atoms with E-state index >= 15 is 0 Å². The Morgan fingerprint density at radius 2 is 1.46 bits per heavy atom. The van der Waals surface area contributed by atoms with Crippen molar-refractivity contribution in [2.45, 2.75) is 38.0 Å². The Bertz CT molecular complexity index is 1210. The maximum Gasteiger partial charge on any atom is 0.409 e. The highest BCUT2D eigenvalue weighted by Gasteiger charge is 2.41. The third-order valence-corrected chi connectivity index (χ3v) is 7.44.